The normalized spacial score (nSPS) is 23.8. The molecule has 0 aromatic heterocycles. The van der Waals surface area contributed by atoms with Crippen LogP contribution in [0.25, 0.3) is 0 Å². The molecule has 166 valence electrons. The van der Waals surface area contributed by atoms with Gasteiger partial charge in [-0.05, 0) is 44.7 Å². The van der Waals surface area contributed by atoms with E-state index in [2.05, 4.69) is 21.3 Å². The Balaban J connectivity index is 2.14. The first kappa shape index (κ1) is 23.7. The number of nitrogens with one attached hydrogen (secondary N) is 4. The van der Waals surface area contributed by atoms with E-state index in [0.29, 0.717) is 39.0 Å². The number of aryl methyl sites for hydroxylation is 1. The van der Waals surface area contributed by atoms with Crippen LogP contribution in [0.3, 0.4) is 0 Å². The van der Waals surface area contributed by atoms with Crippen molar-refractivity contribution in [2.75, 3.05) is 26.2 Å². The van der Waals surface area contributed by atoms with Gasteiger partial charge in [0.1, 0.15) is 12.6 Å². The summed E-state index contributed by atoms with van der Waals surface area (Å²) in [6.07, 6.45) is 3.58. The summed E-state index contributed by atoms with van der Waals surface area (Å²) in [5.41, 5.74) is 1.62. The van der Waals surface area contributed by atoms with Gasteiger partial charge in [-0.25, -0.2) is 4.39 Å². The van der Waals surface area contributed by atoms with Crippen LogP contribution in [0.2, 0.25) is 0 Å². The lowest BCUT2D eigenvalue weighted by molar-refractivity contribution is -0.128. The highest BCUT2D eigenvalue weighted by molar-refractivity contribution is 5.88. The Labute approximate surface area is 177 Å². The van der Waals surface area contributed by atoms with Gasteiger partial charge in [-0.2, -0.15) is 0 Å². The fourth-order valence-corrected chi connectivity index (χ4v) is 3.14. The van der Waals surface area contributed by atoms with Crippen LogP contribution < -0.4 is 26.0 Å². The van der Waals surface area contributed by atoms with Crippen molar-refractivity contribution in [3.8, 4) is 5.75 Å². The standard InChI is InChI=1S/C22H33FN4O3/c1-4-17-12-25-15(3)14-30-21-16(8-6-10-18(21)23)9-7-11-24-22(29)19(5-2)27-20(28)13-26-17/h4,6,8,10,15,19,25-26H,5,7,9,11-14H2,1-3H3,(H,24,29)(H,27,28)/t15-,19?/m0/s1. The first-order chi connectivity index (χ1) is 14.4. The summed E-state index contributed by atoms with van der Waals surface area (Å²) in [6.45, 7) is 7.01. The van der Waals surface area contributed by atoms with Crippen LogP contribution in [0.5, 0.6) is 5.75 Å². The van der Waals surface area contributed by atoms with Gasteiger partial charge in [0.2, 0.25) is 11.8 Å². The lowest BCUT2D eigenvalue weighted by Crippen LogP contribution is -2.49. The highest BCUT2D eigenvalue weighted by atomic mass is 19.1. The predicted octanol–water partition coefficient (Wildman–Crippen LogP) is 1.63. The van der Waals surface area contributed by atoms with Crippen LogP contribution in [0.15, 0.2) is 30.0 Å². The summed E-state index contributed by atoms with van der Waals surface area (Å²) in [6, 6.07) is 4.29. The number of hydrogen-bond donors (Lipinski definition) is 4. The van der Waals surface area contributed by atoms with Crippen molar-refractivity contribution < 1.29 is 18.7 Å². The average molecular weight is 421 g/mol. The molecule has 2 amide bonds. The molecule has 4 N–H and O–H groups in total. The second-order valence-electron chi connectivity index (χ2n) is 7.41. The Morgan fingerprint density at radius 2 is 2.03 bits per heavy atom. The molecule has 0 radical (unpaired) electrons. The Morgan fingerprint density at radius 3 is 2.77 bits per heavy atom. The summed E-state index contributed by atoms with van der Waals surface area (Å²) >= 11 is 0. The minimum Gasteiger partial charge on any atom is -0.489 e. The molecular weight excluding hydrogens is 387 g/mol. The summed E-state index contributed by atoms with van der Waals surface area (Å²) in [4.78, 5) is 24.6. The van der Waals surface area contributed by atoms with Crippen molar-refractivity contribution >= 4 is 11.8 Å². The quantitative estimate of drug-likeness (QED) is 0.554. The molecule has 0 spiro atoms. The summed E-state index contributed by atoms with van der Waals surface area (Å²) in [5.74, 6) is -0.577. The van der Waals surface area contributed by atoms with Crippen molar-refractivity contribution in [1.29, 1.82) is 0 Å². The molecule has 0 saturated heterocycles. The summed E-state index contributed by atoms with van der Waals surface area (Å²) < 4.78 is 20.1. The maximum absolute atomic E-state index is 14.3. The van der Waals surface area contributed by atoms with Crippen LogP contribution in [-0.4, -0.2) is 50.1 Å². The third-order valence-corrected chi connectivity index (χ3v) is 4.97. The maximum atomic E-state index is 14.3. The van der Waals surface area contributed by atoms with Crippen LogP contribution >= 0.6 is 0 Å². The molecule has 1 unspecified atom stereocenters. The first-order valence-electron chi connectivity index (χ1n) is 10.5. The highest BCUT2D eigenvalue weighted by Gasteiger charge is 2.19. The summed E-state index contributed by atoms with van der Waals surface area (Å²) in [5, 5.41) is 12.0. The predicted molar refractivity (Wildman–Crippen MR) is 115 cm³/mol. The molecule has 1 aromatic carbocycles. The monoisotopic (exact) mass is 420 g/mol. The highest BCUT2D eigenvalue weighted by Crippen LogP contribution is 2.24. The second kappa shape index (κ2) is 12.2. The zero-order valence-corrected chi connectivity index (χ0v) is 18.0. The number of rotatable bonds is 1. The third kappa shape index (κ3) is 7.33. The SMILES string of the molecule is CC=C1CN[C@@H](C)COc2c(F)cccc2CCCNC(=O)C(CC)NC(=O)CN1. The van der Waals surface area contributed by atoms with Crippen molar-refractivity contribution in [1.82, 2.24) is 21.3 Å². The fourth-order valence-electron chi connectivity index (χ4n) is 3.14. The zero-order valence-electron chi connectivity index (χ0n) is 18.0. The molecule has 2 rings (SSSR count). The van der Waals surface area contributed by atoms with Gasteiger partial charge in [0, 0.05) is 24.8 Å². The van der Waals surface area contributed by atoms with Crippen LogP contribution in [0.4, 0.5) is 4.39 Å². The van der Waals surface area contributed by atoms with Crippen molar-refractivity contribution in [3.63, 3.8) is 0 Å². The number of fused-ring (bicyclic) bond motifs is 1. The number of ether oxygens (including phenoxy) is 1. The molecule has 1 aliphatic heterocycles. The Kier molecular flexibility index (Phi) is 9.60. The Hall–Kier alpha value is -2.61. The minimum absolute atomic E-state index is 0.0225. The smallest absolute Gasteiger partial charge is 0.242 e. The van der Waals surface area contributed by atoms with Gasteiger partial charge in [-0.15, -0.1) is 0 Å². The lowest BCUT2D eigenvalue weighted by atomic mass is 10.1. The average Bonchev–Trinajstić information content (AvgIpc) is 2.73. The molecule has 1 aliphatic rings. The molecule has 8 heteroatoms. The molecular formula is C22H33FN4O3. The number of para-hydroxylation sites is 1. The molecule has 0 saturated carbocycles. The van der Waals surface area contributed by atoms with E-state index in [0.717, 1.165) is 11.3 Å². The number of halogens is 1. The Bertz CT molecular complexity index is 754. The van der Waals surface area contributed by atoms with Crippen molar-refractivity contribution in [2.45, 2.75) is 52.1 Å². The van der Waals surface area contributed by atoms with E-state index in [1.165, 1.54) is 6.07 Å². The minimum atomic E-state index is -0.585. The van der Waals surface area contributed by atoms with Crippen molar-refractivity contribution in [3.05, 3.63) is 41.4 Å². The van der Waals surface area contributed by atoms with Gasteiger partial charge >= 0.3 is 0 Å². The number of amides is 2. The van der Waals surface area contributed by atoms with Gasteiger partial charge in [-0.1, -0.05) is 25.1 Å². The van der Waals surface area contributed by atoms with Gasteiger partial charge in [0.15, 0.2) is 11.6 Å². The lowest BCUT2D eigenvalue weighted by Gasteiger charge is -2.20. The topological polar surface area (TPSA) is 91.5 Å². The van der Waals surface area contributed by atoms with Crippen molar-refractivity contribution in [2.24, 2.45) is 0 Å². The molecule has 1 heterocycles. The van der Waals surface area contributed by atoms with Gasteiger partial charge in [0.25, 0.3) is 0 Å². The molecule has 0 bridgehead atoms. The van der Waals surface area contributed by atoms with Gasteiger partial charge in [-0.3, -0.25) is 9.59 Å². The molecule has 30 heavy (non-hydrogen) atoms. The van der Waals surface area contributed by atoms with Crippen LogP contribution in [0.1, 0.15) is 39.2 Å². The van der Waals surface area contributed by atoms with Gasteiger partial charge in [0.05, 0.1) is 6.54 Å². The number of carbonyl (C=O) groups excluding carboxylic acids is 2. The second-order valence-corrected chi connectivity index (χ2v) is 7.41. The van der Waals surface area contributed by atoms with E-state index >= 15 is 0 Å². The maximum Gasteiger partial charge on any atom is 0.242 e. The first-order valence-corrected chi connectivity index (χ1v) is 10.5. The number of carbonyl (C=O) groups is 2. The zero-order chi connectivity index (χ0) is 21.9. The molecule has 1 aromatic rings. The van der Waals surface area contributed by atoms with Crippen LogP contribution in [-0.2, 0) is 16.0 Å². The molecule has 0 fully saturated rings. The molecule has 0 aliphatic carbocycles. The van der Waals surface area contributed by atoms with E-state index in [4.69, 9.17) is 4.74 Å². The molecule has 7 nitrogen and oxygen atoms in total. The summed E-state index contributed by atoms with van der Waals surface area (Å²) in [7, 11) is 0. The van der Waals surface area contributed by atoms with E-state index in [1.807, 2.05) is 32.9 Å². The third-order valence-electron chi connectivity index (χ3n) is 4.97. The van der Waals surface area contributed by atoms with E-state index in [1.54, 1.807) is 6.07 Å². The number of allylic oxidation sites excluding steroid dienone is 1. The van der Waals surface area contributed by atoms with Crippen LogP contribution in [0, 0.1) is 5.82 Å². The molecule has 2 atom stereocenters. The van der Waals surface area contributed by atoms with E-state index in [9.17, 15) is 14.0 Å². The largest absolute Gasteiger partial charge is 0.489 e. The van der Waals surface area contributed by atoms with E-state index in [-0.39, 0.29) is 36.0 Å². The number of hydrogen-bond acceptors (Lipinski definition) is 5. The Morgan fingerprint density at radius 1 is 1.23 bits per heavy atom. The fraction of sp³-hybridized carbons (Fsp3) is 0.545. The van der Waals surface area contributed by atoms with Gasteiger partial charge < -0.3 is 26.0 Å². The van der Waals surface area contributed by atoms with E-state index < -0.39 is 6.04 Å². The number of benzene rings is 1.